The molecule has 6 nitrogen and oxygen atoms in total. The SMILES string of the molecule is CCCCOCCOCC(O)CNc1cn(C)nc1C. The van der Waals surface area contributed by atoms with Crippen LogP contribution in [0, 0.1) is 6.92 Å². The number of aryl methyl sites for hydroxylation is 2. The molecule has 0 aliphatic carbocycles. The molecule has 0 saturated heterocycles. The first kappa shape index (κ1) is 16.9. The quantitative estimate of drug-likeness (QED) is 0.600. The van der Waals surface area contributed by atoms with Crippen LogP contribution in [0.15, 0.2) is 6.20 Å². The first-order chi connectivity index (χ1) is 9.63. The molecule has 0 aromatic carbocycles. The first-order valence-corrected chi connectivity index (χ1v) is 7.21. The predicted octanol–water partition coefficient (Wildman–Crippen LogP) is 1.33. The number of anilines is 1. The minimum absolute atomic E-state index is 0.309. The molecule has 1 aromatic rings. The van der Waals surface area contributed by atoms with Crippen molar-refractivity contribution in [3.05, 3.63) is 11.9 Å². The van der Waals surface area contributed by atoms with Crippen LogP contribution in [0.5, 0.6) is 0 Å². The minimum atomic E-state index is -0.537. The molecule has 1 rings (SSSR count). The van der Waals surface area contributed by atoms with Crippen LogP contribution >= 0.6 is 0 Å². The zero-order valence-electron chi connectivity index (χ0n) is 12.8. The van der Waals surface area contributed by atoms with Crippen molar-refractivity contribution >= 4 is 5.69 Å². The van der Waals surface area contributed by atoms with Crippen molar-refractivity contribution in [2.45, 2.75) is 32.8 Å². The fraction of sp³-hybridized carbons (Fsp3) is 0.786. The summed E-state index contributed by atoms with van der Waals surface area (Å²) in [6.45, 7) is 6.71. The molecule has 0 spiro atoms. The maximum atomic E-state index is 9.79. The largest absolute Gasteiger partial charge is 0.389 e. The molecule has 0 aliphatic rings. The number of hydrogen-bond donors (Lipinski definition) is 2. The first-order valence-electron chi connectivity index (χ1n) is 7.21. The Kier molecular flexibility index (Phi) is 8.25. The fourth-order valence-electron chi connectivity index (χ4n) is 1.75. The average molecular weight is 285 g/mol. The van der Waals surface area contributed by atoms with Gasteiger partial charge < -0.3 is 19.9 Å². The zero-order valence-corrected chi connectivity index (χ0v) is 12.8. The van der Waals surface area contributed by atoms with E-state index in [1.807, 2.05) is 20.2 Å². The molecule has 1 heterocycles. The van der Waals surface area contributed by atoms with E-state index in [-0.39, 0.29) is 0 Å². The van der Waals surface area contributed by atoms with E-state index in [1.165, 1.54) is 0 Å². The van der Waals surface area contributed by atoms with E-state index in [0.717, 1.165) is 30.8 Å². The maximum Gasteiger partial charge on any atom is 0.0945 e. The standard InChI is InChI=1S/C14H27N3O3/c1-4-5-6-19-7-8-20-11-13(18)9-15-14-10-17(3)16-12(14)2/h10,13,15,18H,4-9,11H2,1-3H3. The highest BCUT2D eigenvalue weighted by molar-refractivity contribution is 5.45. The highest BCUT2D eigenvalue weighted by Crippen LogP contribution is 2.10. The summed E-state index contributed by atoms with van der Waals surface area (Å²) in [6, 6.07) is 0. The Morgan fingerprint density at radius 3 is 2.75 bits per heavy atom. The van der Waals surface area contributed by atoms with Gasteiger partial charge in [-0.15, -0.1) is 0 Å². The normalized spacial score (nSPS) is 12.6. The van der Waals surface area contributed by atoms with Gasteiger partial charge in [0.1, 0.15) is 0 Å². The Hall–Kier alpha value is -1.11. The van der Waals surface area contributed by atoms with Crippen molar-refractivity contribution < 1.29 is 14.6 Å². The molecule has 0 amide bonds. The maximum absolute atomic E-state index is 9.79. The van der Waals surface area contributed by atoms with Gasteiger partial charge in [-0.2, -0.15) is 5.10 Å². The van der Waals surface area contributed by atoms with Crippen molar-refractivity contribution in [2.24, 2.45) is 7.05 Å². The number of ether oxygens (including phenoxy) is 2. The second kappa shape index (κ2) is 9.74. The monoisotopic (exact) mass is 285 g/mol. The van der Waals surface area contributed by atoms with E-state index >= 15 is 0 Å². The van der Waals surface area contributed by atoms with Crippen LogP contribution < -0.4 is 5.32 Å². The highest BCUT2D eigenvalue weighted by atomic mass is 16.5. The Morgan fingerprint density at radius 2 is 2.10 bits per heavy atom. The number of hydrogen-bond acceptors (Lipinski definition) is 5. The van der Waals surface area contributed by atoms with Gasteiger partial charge in [0.05, 0.1) is 37.3 Å². The summed E-state index contributed by atoms with van der Waals surface area (Å²) in [4.78, 5) is 0. The number of rotatable bonds is 11. The molecule has 0 saturated carbocycles. The van der Waals surface area contributed by atoms with E-state index in [1.54, 1.807) is 4.68 Å². The highest BCUT2D eigenvalue weighted by Gasteiger charge is 2.07. The summed E-state index contributed by atoms with van der Waals surface area (Å²) in [7, 11) is 1.87. The topological polar surface area (TPSA) is 68.5 Å². The zero-order chi connectivity index (χ0) is 14.8. The number of aromatic nitrogens is 2. The Labute approximate surface area is 121 Å². The molecule has 0 aliphatic heterocycles. The van der Waals surface area contributed by atoms with Gasteiger partial charge in [-0.1, -0.05) is 13.3 Å². The number of aliphatic hydroxyl groups is 1. The van der Waals surface area contributed by atoms with Crippen LogP contribution in [0.2, 0.25) is 0 Å². The van der Waals surface area contributed by atoms with E-state index < -0.39 is 6.10 Å². The van der Waals surface area contributed by atoms with Gasteiger partial charge in [-0.05, 0) is 13.3 Å². The second-order valence-corrected chi connectivity index (χ2v) is 4.88. The molecule has 20 heavy (non-hydrogen) atoms. The van der Waals surface area contributed by atoms with Crippen molar-refractivity contribution in [3.8, 4) is 0 Å². The van der Waals surface area contributed by atoms with Crippen molar-refractivity contribution in [1.82, 2.24) is 9.78 Å². The van der Waals surface area contributed by atoms with E-state index in [9.17, 15) is 5.11 Å². The number of nitrogens with one attached hydrogen (secondary N) is 1. The lowest BCUT2D eigenvalue weighted by molar-refractivity contribution is 0.00749. The lowest BCUT2D eigenvalue weighted by Gasteiger charge is -2.12. The van der Waals surface area contributed by atoms with Crippen LogP contribution in [-0.4, -0.2) is 54.0 Å². The number of aliphatic hydroxyl groups excluding tert-OH is 1. The lowest BCUT2D eigenvalue weighted by Crippen LogP contribution is -2.25. The molecule has 1 unspecified atom stereocenters. The van der Waals surface area contributed by atoms with Gasteiger partial charge >= 0.3 is 0 Å². The van der Waals surface area contributed by atoms with E-state index in [4.69, 9.17) is 9.47 Å². The Morgan fingerprint density at radius 1 is 1.35 bits per heavy atom. The van der Waals surface area contributed by atoms with Crippen LogP contribution in [0.25, 0.3) is 0 Å². The van der Waals surface area contributed by atoms with Crippen LogP contribution in [0.3, 0.4) is 0 Å². The lowest BCUT2D eigenvalue weighted by atomic mass is 10.3. The van der Waals surface area contributed by atoms with Crippen LogP contribution in [0.1, 0.15) is 25.5 Å². The molecule has 1 atom stereocenters. The molecule has 2 N–H and O–H groups in total. The van der Waals surface area contributed by atoms with Gasteiger partial charge in [0.15, 0.2) is 0 Å². The predicted molar refractivity (Wildman–Crippen MR) is 79.0 cm³/mol. The Balaban J connectivity index is 2.03. The third kappa shape index (κ3) is 6.88. The molecular weight excluding hydrogens is 258 g/mol. The summed E-state index contributed by atoms with van der Waals surface area (Å²) in [6.07, 6.45) is 3.57. The van der Waals surface area contributed by atoms with Gasteiger partial charge in [0.2, 0.25) is 0 Å². The molecular formula is C14H27N3O3. The average Bonchev–Trinajstić information content (AvgIpc) is 2.73. The molecule has 0 bridgehead atoms. The van der Waals surface area contributed by atoms with E-state index in [0.29, 0.717) is 26.4 Å². The van der Waals surface area contributed by atoms with Gasteiger partial charge in [-0.25, -0.2) is 0 Å². The fourth-order valence-corrected chi connectivity index (χ4v) is 1.75. The Bertz CT molecular complexity index is 369. The minimum Gasteiger partial charge on any atom is -0.389 e. The summed E-state index contributed by atoms with van der Waals surface area (Å²) >= 11 is 0. The molecule has 1 aromatic heterocycles. The summed E-state index contributed by atoms with van der Waals surface area (Å²) < 4.78 is 12.5. The molecule has 116 valence electrons. The van der Waals surface area contributed by atoms with Crippen molar-refractivity contribution in [1.29, 1.82) is 0 Å². The number of nitrogens with zero attached hydrogens (tertiary/aromatic N) is 2. The van der Waals surface area contributed by atoms with Crippen LogP contribution in [-0.2, 0) is 16.5 Å². The second-order valence-electron chi connectivity index (χ2n) is 4.88. The third-order valence-electron chi connectivity index (χ3n) is 2.87. The summed E-state index contributed by atoms with van der Waals surface area (Å²) in [5, 5.41) is 17.2. The van der Waals surface area contributed by atoms with E-state index in [2.05, 4.69) is 17.3 Å². The summed E-state index contributed by atoms with van der Waals surface area (Å²) in [5.74, 6) is 0. The third-order valence-corrected chi connectivity index (χ3v) is 2.87. The van der Waals surface area contributed by atoms with Crippen molar-refractivity contribution in [2.75, 3.05) is 38.3 Å². The summed E-state index contributed by atoms with van der Waals surface area (Å²) in [5.41, 5.74) is 1.86. The number of unbranched alkanes of at least 4 members (excludes halogenated alkanes) is 1. The van der Waals surface area contributed by atoms with Crippen LogP contribution in [0.4, 0.5) is 5.69 Å². The molecule has 0 radical (unpaired) electrons. The molecule has 6 heteroatoms. The molecule has 0 fully saturated rings. The van der Waals surface area contributed by atoms with Gasteiger partial charge in [0, 0.05) is 26.4 Å². The van der Waals surface area contributed by atoms with Gasteiger partial charge in [0.25, 0.3) is 0 Å². The smallest absolute Gasteiger partial charge is 0.0945 e. The van der Waals surface area contributed by atoms with Gasteiger partial charge in [-0.3, -0.25) is 4.68 Å². The van der Waals surface area contributed by atoms with Crippen molar-refractivity contribution in [3.63, 3.8) is 0 Å².